The largest absolute Gasteiger partial charge is 0.294 e. The first-order valence-corrected chi connectivity index (χ1v) is 4.46. The Bertz CT molecular complexity index is 270. The molecular weight excluding hydrogens is 156 g/mol. The number of hydrogen-bond donors (Lipinski definition) is 0. The van der Waals surface area contributed by atoms with E-state index in [1.807, 2.05) is 0 Å². The van der Waals surface area contributed by atoms with Crippen molar-refractivity contribution in [3.05, 3.63) is 20.5 Å². The molecule has 0 aromatic carbocycles. The standard InChI is InChI=1S/C5H4O2S2/c1-3(6)4-2-5(7)9-8-4/h2H,1H3. The van der Waals surface area contributed by atoms with Crippen LogP contribution in [0.3, 0.4) is 0 Å². The van der Waals surface area contributed by atoms with Gasteiger partial charge in [-0.05, 0) is 17.3 Å². The lowest BCUT2D eigenvalue weighted by Crippen LogP contribution is -1.89. The Morgan fingerprint density at radius 1 is 1.56 bits per heavy atom. The average Bonchev–Trinajstić information content (AvgIpc) is 2.14. The second kappa shape index (κ2) is 2.41. The third kappa shape index (κ3) is 1.46. The van der Waals surface area contributed by atoms with Gasteiger partial charge >= 0.3 is 0 Å². The molecule has 1 heterocycles. The lowest BCUT2D eigenvalue weighted by molar-refractivity contribution is 0.102. The van der Waals surface area contributed by atoms with Crippen LogP contribution in [0.1, 0.15) is 16.6 Å². The summed E-state index contributed by atoms with van der Waals surface area (Å²) >= 11 is 0. The molecule has 0 aliphatic heterocycles. The molecule has 0 unspecified atom stereocenters. The van der Waals surface area contributed by atoms with Crippen molar-refractivity contribution < 1.29 is 4.79 Å². The molecule has 0 radical (unpaired) electrons. The van der Waals surface area contributed by atoms with Gasteiger partial charge in [-0.25, -0.2) is 0 Å². The summed E-state index contributed by atoms with van der Waals surface area (Å²) in [6.07, 6.45) is 0. The highest BCUT2D eigenvalue weighted by Gasteiger charge is 2.00. The van der Waals surface area contributed by atoms with Crippen LogP contribution < -0.4 is 4.74 Å². The SMILES string of the molecule is CC(=O)c1cc(=O)ss1. The highest BCUT2D eigenvalue weighted by Crippen LogP contribution is 2.09. The fraction of sp³-hybridized carbons (Fsp3) is 0.200. The van der Waals surface area contributed by atoms with Crippen molar-refractivity contribution >= 4 is 26.5 Å². The number of ketones is 1. The Balaban J connectivity index is 3.12. The molecule has 1 rings (SSSR count). The predicted octanol–water partition coefficient (Wildman–Crippen LogP) is 1.37. The van der Waals surface area contributed by atoms with Crippen LogP contribution in [0.2, 0.25) is 0 Å². The Morgan fingerprint density at radius 3 is 2.44 bits per heavy atom. The summed E-state index contributed by atoms with van der Waals surface area (Å²) in [5.41, 5.74) is 0. The first kappa shape index (κ1) is 6.64. The summed E-state index contributed by atoms with van der Waals surface area (Å²) in [6.45, 7) is 1.46. The molecule has 0 aliphatic carbocycles. The van der Waals surface area contributed by atoms with Crippen molar-refractivity contribution in [3.63, 3.8) is 0 Å². The zero-order chi connectivity index (χ0) is 6.85. The number of rotatable bonds is 1. The van der Waals surface area contributed by atoms with Gasteiger partial charge in [0.25, 0.3) is 0 Å². The minimum absolute atomic E-state index is 0.0293. The summed E-state index contributed by atoms with van der Waals surface area (Å²) in [6, 6.07) is 1.37. The van der Waals surface area contributed by atoms with Crippen LogP contribution >= 0.6 is 20.7 Å². The first-order valence-electron chi connectivity index (χ1n) is 2.31. The summed E-state index contributed by atoms with van der Waals surface area (Å²) in [5, 5.41) is 0. The van der Waals surface area contributed by atoms with Gasteiger partial charge < -0.3 is 0 Å². The van der Waals surface area contributed by atoms with Gasteiger partial charge in [0.1, 0.15) is 0 Å². The van der Waals surface area contributed by atoms with E-state index in [0.29, 0.717) is 4.88 Å². The second-order valence-electron chi connectivity index (χ2n) is 1.55. The van der Waals surface area contributed by atoms with E-state index in [4.69, 9.17) is 0 Å². The average molecular weight is 160 g/mol. The van der Waals surface area contributed by atoms with Gasteiger partial charge in [0.05, 0.1) is 4.88 Å². The molecule has 0 N–H and O–H groups in total. The molecule has 0 amide bonds. The molecule has 1 aromatic heterocycles. The van der Waals surface area contributed by atoms with E-state index in [2.05, 4.69) is 0 Å². The normalized spacial score (nSPS) is 9.44. The van der Waals surface area contributed by atoms with E-state index in [-0.39, 0.29) is 10.5 Å². The molecule has 0 bridgehead atoms. The minimum Gasteiger partial charge on any atom is -0.294 e. The highest BCUT2D eigenvalue weighted by molar-refractivity contribution is 7.69. The molecule has 0 saturated heterocycles. The van der Waals surface area contributed by atoms with Crippen LogP contribution in [0.4, 0.5) is 0 Å². The third-order valence-corrected chi connectivity index (χ3v) is 3.04. The smallest absolute Gasteiger partial charge is 0.243 e. The van der Waals surface area contributed by atoms with Gasteiger partial charge in [0.15, 0.2) is 5.78 Å². The van der Waals surface area contributed by atoms with E-state index in [1.165, 1.54) is 23.3 Å². The monoisotopic (exact) mass is 160 g/mol. The maximum Gasteiger partial charge on any atom is 0.243 e. The predicted molar refractivity (Wildman–Crippen MR) is 38.5 cm³/mol. The van der Waals surface area contributed by atoms with Gasteiger partial charge in [-0.15, -0.1) is 0 Å². The van der Waals surface area contributed by atoms with E-state index in [0.717, 1.165) is 10.3 Å². The van der Waals surface area contributed by atoms with E-state index >= 15 is 0 Å². The molecule has 0 saturated carbocycles. The maximum absolute atomic E-state index is 10.5. The lowest BCUT2D eigenvalue weighted by Gasteiger charge is -1.77. The van der Waals surface area contributed by atoms with Crippen molar-refractivity contribution in [2.24, 2.45) is 0 Å². The van der Waals surface area contributed by atoms with E-state index in [9.17, 15) is 9.59 Å². The maximum atomic E-state index is 10.5. The van der Waals surface area contributed by atoms with Gasteiger partial charge in [0, 0.05) is 6.07 Å². The zero-order valence-electron chi connectivity index (χ0n) is 4.71. The van der Waals surface area contributed by atoms with Crippen LogP contribution in [-0.4, -0.2) is 5.78 Å². The fourth-order valence-corrected chi connectivity index (χ4v) is 2.24. The second-order valence-corrected chi connectivity index (χ2v) is 3.73. The van der Waals surface area contributed by atoms with E-state index < -0.39 is 0 Å². The quantitative estimate of drug-likeness (QED) is 0.459. The molecule has 0 fully saturated rings. The summed E-state index contributed by atoms with van der Waals surface area (Å²) in [5.74, 6) is -0.0293. The van der Waals surface area contributed by atoms with Crippen LogP contribution in [-0.2, 0) is 0 Å². The third-order valence-electron chi connectivity index (χ3n) is 0.810. The molecule has 0 atom stereocenters. The molecular formula is C5H4O2S2. The number of hydrogen-bond acceptors (Lipinski definition) is 4. The molecule has 4 heteroatoms. The van der Waals surface area contributed by atoms with Crippen LogP contribution in [0.15, 0.2) is 10.9 Å². The minimum atomic E-state index is -0.0369. The lowest BCUT2D eigenvalue weighted by atomic mass is 10.4. The summed E-state index contributed by atoms with van der Waals surface area (Å²) < 4.78 is -0.0369. The molecule has 48 valence electrons. The van der Waals surface area contributed by atoms with Crippen molar-refractivity contribution in [1.82, 2.24) is 0 Å². The van der Waals surface area contributed by atoms with E-state index in [1.54, 1.807) is 0 Å². The zero-order valence-corrected chi connectivity index (χ0v) is 6.34. The molecule has 2 nitrogen and oxygen atoms in total. The molecule has 0 aliphatic rings. The Labute approximate surface area is 59.2 Å². The Morgan fingerprint density at radius 2 is 2.22 bits per heavy atom. The number of Topliss-reactive ketones (excluding diaryl/α,β-unsaturated/α-hetero) is 1. The molecule has 1 aromatic rings. The topological polar surface area (TPSA) is 34.1 Å². The van der Waals surface area contributed by atoms with Gasteiger partial charge in [-0.1, -0.05) is 10.3 Å². The van der Waals surface area contributed by atoms with Gasteiger partial charge in [-0.2, -0.15) is 0 Å². The van der Waals surface area contributed by atoms with Crippen molar-refractivity contribution in [1.29, 1.82) is 0 Å². The first-order chi connectivity index (χ1) is 4.20. The highest BCUT2D eigenvalue weighted by atomic mass is 32.9. The van der Waals surface area contributed by atoms with Gasteiger partial charge in [-0.3, -0.25) is 9.59 Å². The van der Waals surface area contributed by atoms with Gasteiger partial charge in [0.2, 0.25) is 4.74 Å². The Hall–Kier alpha value is -0.480. The van der Waals surface area contributed by atoms with Crippen molar-refractivity contribution in [2.75, 3.05) is 0 Å². The van der Waals surface area contributed by atoms with Crippen molar-refractivity contribution in [3.8, 4) is 0 Å². The summed E-state index contributed by atoms with van der Waals surface area (Å²) in [4.78, 5) is 21.6. The van der Waals surface area contributed by atoms with Crippen LogP contribution in [0.25, 0.3) is 0 Å². The number of carbonyl (C=O) groups excluding carboxylic acids is 1. The Kier molecular flexibility index (Phi) is 1.78. The fourth-order valence-electron chi connectivity index (χ4n) is 0.401. The van der Waals surface area contributed by atoms with Crippen molar-refractivity contribution in [2.45, 2.75) is 6.92 Å². The van der Waals surface area contributed by atoms with Crippen LogP contribution in [0, 0.1) is 0 Å². The molecule has 0 spiro atoms. The van der Waals surface area contributed by atoms with Crippen LogP contribution in [0.5, 0.6) is 0 Å². The molecule has 9 heavy (non-hydrogen) atoms. The summed E-state index contributed by atoms with van der Waals surface area (Å²) in [7, 11) is 2.34. The number of carbonyl (C=O) groups is 1.